The molecule has 0 N–H and O–H groups in total. The van der Waals surface area contributed by atoms with E-state index in [1.54, 1.807) is 0 Å². The smallest absolute Gasteiger partial charge is 0.166 e. The Morgan fingerprint density at radius 3 is 1.43 bits per heavy atom. The molecule has 16 rings (SSSR count). The zero-order chi connectivity index (χ0) is 55.2. The quantitative estimate of drug-likeness (QED) is 0.145. The van der Waals surface area contributed by atoms with Crippen molar-refractivity contribution in [2.45, 2.75) is 19.3 Å². The number of benzene rings is 12. The number of hydrogen-bond donors (Lipinski definition) is 0. The molecule has 5 heteroatoms. The Kier molecular flexibility index (Phi) is 11.2. The van der Waals surface area contributed by atoms with Crippen LogP contribution in [0.1, 0.15) is 25.0 Å². The van der Waals surface area contributed by atoms with Gasteiger partial charge in [0.05, 0.1) is 27.8 Å². The van der Waals surface area contributed by atoms with Crippen molar-refractivity contribution in [2.24, 2.45) is 0 Å². The third-order valence-electron chi connectivity index (χ3n) is 17.2. The minimum absolute atomic E-state index is 0.219. The van der Waals surface area contributed by atoms with E-state index in [0.29, 0.717) is 17.5 Å². The number of rotatable bonds is 9. The Morgan fingerprint density at radius 2 is 0.735 bits per heavy atom. The third kappa shape index (κ3) is 7.80. The van der Waals surface area contributed by atoms with Gasteiger partial charge in [-0.1, -0.05) is 244 Å². The molecule has 0 radical (unpaired) electrons. The Hall–Kier alpha value is -10.8. The second-order valence-electron chi connectivity index (χ2n) is 22.3. The van der Waals surface area contributed by atoms with Crippen LogP contribution < -0.4 is 0 Å². The first-order valence-electron chi connectivity index (χ1n) is 28.5. The molecule has 0 spiro atoms. The highest BCUT2D eigenvalue weighted by molar-refractivity contribution is 6.22. The molecule has 0 saturated heterocycles. The molecule has 0 amide bonds. The summed E-state index contributed by atoms with van der Waals surface area (Å²) < 4.78 is 4.89. The normalized spacial score (nSPS) is 12.6. The maximum atomic E-state index is 5.69. The first kappa shape index (κ1) is 48.2. The van der Waals surface area contributed by atoms with Crippen LogP contribution in [0, 0.1) is 0 Å². The van der Waals surface area contributed by atoms with Crippen LogP contribution in [0.2, 0.25) is 0 Å². The fraction of sp³-hybridized carbons (Fsp3) is 0.0385. The van der Waals surface area contributed by atoms with E-state index in [4.69, 9.17) is 15.0 Å². The van der Waals surface area contributed by atoms with Crippen LogP contribution >= 0.6 is 0 Å². The Balaban J connectivity index is 1.00. The summed E-state index contributed by atoms with van der Waals surface area (Å²) in [5, 5.41) is 4.73. The molecule has 0 unspecified atom stereocenters. The molecule has 0 aliphatic heterocycles. The lowest BCUT2D eigenvalue weighted by Gasteiger charge is -2.21. The summed E-state index contributed by atoms with van der Waals surface area (Å²) in [4.78, 5) is 16.8. The molecule has 5 nitrogen and oxygen atoms in total. The lowest BCUT2D eigenvalue weighted by Crippen LogP contribution is -2.14. The van der Waals surface area contributed by atoms with Crippen LogP contribution in [0.3, 0.4) is 0 Å². The molecule has 3 aromatic heterocycles. The van der Waals surface area contributed by atoms with Gasteiger partial charge in [0.15, 0.2) is 17.5 Å². The summed E-state index contributed by atoms with van der Waals surface area (Å²) in [6.45, 7) is 4.65. The minimum Gasteiger partial charge on any atom is -0.309 e. The van der Waals surface area contributed by atoms with Gasteiger partial charge in [0.25, 0.3) is 0 Å². The monoisotopic (exact) mass is 1060 g/mol. The van der Waals surface area contributed by atoms with Crippen LogP contribution in [-0.4, -0.2) is 24.1 Å². The summed E-state index contributed by atoms with van der Waals surface area (Å²) >= 11 is 0. The van der Waals surface area contributed by atoms with Crippen molar-refractivity contribution < 1.29 is 0 Å². The first-order chi connectivity index (χ1) is 40.9. The lowest BCUT2D eigenvalue weighted by atomic mass is 9.82. The molecular weight excluding hydrogens is 1010 g/mol. The van der Waals surface area contributed by atoms with Gasteiger partial charge < -0.3 is 9.13 Å². The molecular formula is C78H53N5. The molecule has 1 aliphatic carbocycles. The van der Waals surface area contributed by atoms with E-state index >= 15 is 0 Å². The maximum Gasteiger partial charge on any atom is 0.166 e. The van der Waals surface area contributed by atoms with E-state index in [9.17, 15) is 0 Å². The molecule has 83 heavy (non-hydrogen) atoms. The van der Waals surface area contributed by atoms with Crippen LogP contribution in [0.25, 0.3) is 145 Å². The summed E-state index contributed by atoms with van der Waals surface area (Å²) in [6, 6.07) is 103. The number of para-hydroxylation sites is 2. The number of aromatic nitrogens is 5. The van der Waals surface area contributed by atoms with E-state index in [0.717, 1.165) is 94.3 Å². The molecule has 0 saturated carbocycles. The minimum atomic E-state index is -0.219. The highest BCUT2D eigenvalue weighted by Crippen LogP contribution is 2.52. The molecule has 0 atom stereocenters. The highest BCUT2D eigenvalue weighted by Gasteiger charge is 2.37. The standard InChI is InChI=1S/C78H53N5/c1-78(2)65-38-17-15-33-60(65)72-64(37-20-39-66(72)78)77-80-75(56-30-19-29-53(47-56)50-23-7-3-8-24-50)79-76(81-77)63-46-44-55(52-27-11-5-12-28-52)49-71(63)83-69-42-22-36-59(74(69)62-45-43-54(48-70(62)83)51-25-9-4-10-26-51)58-35-21-41-68-73(58)61-34-16-18-40-67(61)82(68)57-31-13-6-14-32-57/h3-49H,1-2H3. The van der Waals surface area contributed by atoms with Gasteiger partial charge in [-0.2, -0.15) is 0 Å². The molecule has 15 aromatic rings. The van der Waals surface area contributed by atoms with E-state index in [1.165, 1.54) is 44.1 Å². The Labute approximate surface area is 481 Å². The van der Waals surface area contributed by atoms with E-state index in [1.807, 2.05) is 0 Å². The van der Waals surface area contributed by atoms with Crippen molar-refractivity contribution in [2.75, 3.05) is 0 Å². The van der Waals surface area contributed by atoms with Crippen LogP contribution in [-0.2, 0) is 5.41 Å². The van der Waals surface area contributed by atoms with Gasteiger partial charge in [0, 0.05) is 49.3 Å². The van der Waals surface area contributed by atoms with Gasteiger partial charge in [-0.25, -0.2) is 15.0 Å². The lowest BCUT2D eigenvalue weighted by molar-refractivity contribution is 0.660. The number of hydrogen-bond acceptors (Lipinski definition) is 3. The molecule has 12 aromatic carbocycles. The summed E-state index contributed by atoms with van der Waals surface area (Å²) in [5.74, 6) is 1.80. The highest BCUT2D eigenvalue weighted by atomic mass is 15.1. The van der Waals surface area contributed by atoms with Crippen LogP contribution in [0.15, 0.2) is 285 Å². The van der Waals surface area contributed by atoms with E-state index in [2.05, 4.69) is 308 Å². The third-order valence-corrected chi connectivity index (χ3v) is 17.2. The second kappa shape index (κ2) is 19.2. The predicted octanol–water partition coefficient (Wildman–Crippen LogP) is 20.0. The average Bonchev–Trinajstić information content (AvgIpc) is 1.99. The Morgan fingerprint density at radius 1 is 0.277 bits per heavy atom. The van der Waals surface area contributed by atoms with Crippen LogP contribution in [0.5, 0.6) is 0 Å². The molecule has 1 aliphatic rings. The summed E-state index contributed by atoms with van der Waals surface area (Å²) in [5.41, 5.74) is 23.0. The van der Waals surface area contributed by atoms with E-state index in [-0.39, 0.29) is 5.41 Å². The topological polar surface area (TPSA) is 48.5 Å². The number of nitrogens with zero attached hydrogens (tertiary/aromatic N) is 5. The van der Waals surface area contributed by atoms with Gasteiger partial charge in [-0.05, 0) is 121 Å². The summed E-state index contributed by atoms with van der Waals surface area (Å²) in [7, 11) is 0. The number of fused-ring (bicyclic) bond motifs is 9. The average molecular weight is 1060 g/mol. The van der Waals surface area contributed by atoms with Crippen molar-refractivity contribution >= 4 is 43.6 Å². The van der Waals surface area contributed by atoms with Crippen molar-refractivity contribution in [3.63, 3.8) is 0 Å². The fourth-order valence-electron chi connectivity index (χ4n) is 13.3. The molecule has 3 heterocycles. The van der Waals surface area contributed by atoms with Gasteiger partial charge >= 0.3 is 0 Å². The largest absolute Gasteiger partial charge is 0.309 e. The molecule has 0 bridgehead atoms. The second-order valence-corrected chi connectivity index (χ2v) is 22.3. The predicted molar refractivity (Wildman–Crippen MR) is 344 cm³/mol. The molecule has 0 fully saturated rings. The van der Waals surface area contributed by atoms with Crippen molar-refractivity contribution in [1.82, 2.24) is 24.1 Å². The zero-order valence-electron chi connectivity index (χ0n) is 45.9. The van der Waals surface area contributed by atoms with Crippen LogP contribution in [0.4, 0.5) is 0 Å². The van der Waals surface area contributed by atoms with Gasteiger partial charge in [0.1, 0.15) is 0 Å². The van der Waals surface area contributed by atoms with Gasteiger partial charge in [-0.15, -0.1) is 0 Å². The zero-order valence-corrected chi connectivity index (χ0v) is 45.9. The fourth-order valence-corrected chi connectivity index (χ4v) is 13.3. The molecule has 390 valence electrons. The van der Waals surface area contributed by atoms with Crippen molar-refractivity contribution in [1.29, 1.82) is 0 Å². The Bertz CT molecular complexity index is 5040. The maximum absolute atomic E-state index is 5.69. The van der Waals surface area contributed by atoms with Gasteiger partial charge in [0.2, 0.25) is 0 Å². The van der Waals surface area contributed by atoms with Crippen molar-refractivity contribution in [3.05, 3.63) is 296 Å². The van der Waals surface area contributed by atoms with Gasteiger partial charge in [-0.3, -0.25) is 0 Å². The first-order valence-corrected chi connectivity index (χ1v) is 28.5. The van der Waals surface area contributed by atoms with E-state index < -0.39 is 0 Å². The van der Waals surface area contributed by atoms with Crippen molar-refractivity contribution in [3.8, 4) is 101 Å². The summed E-state index contributed by atoms with van der Waals surface area (Å²) in [6.07, 6.45) is 0. The SMILES string of the molecule is CC1(C)c2ccccc2-c2c(-c3nc(-c4cccc(-c5ccccc5)c4)nc(-c4ccc(-c5ccccc5)cc4-n4c5cc(-c6ccccc6)ccc5c5c(-c6cccc7c6c6ccccc6n7-c6ccccc6)cccc54)n3)cccc21.